The number of hydrogen-bond acceptors (Lipinski definition) is 3. The van der Waals surface area contributed by atoms with Crippen LogP contribution in [0, 0.1) is 0 Å². The second-order valence-corrected chi connectivity index (χ2v) is 6.30. The van der Waals surface area contributed by atoms with Gasteiger partial charge in [-0.15, -0.1) is 0 Å². The molecule has 0 aromatic heterocycles. The number of halogens is 1. The molecule has 1 aliphatic rings. The first-order valence-electron chi connectivity index (χ1n) is 8.20. The number of carbonyl (C=O) groups is 2. The molecule has 0 atom stereocenters. The van der Waals surface area contributed by atoms with E-state index in [2.05, 4.69) is 5.32 Å². The van der Waals surface area contributed by atoms with Crippen LogP contribution in [0.3, 0.4) is 0 Å². The monoisotopic (exact) mass is 358 g/mol. The minimum atomic E-state index is -0.470. The summed E-state index contributed by atoms with van der Waals surface area (Å²) in [7, 11) is 0. The Morgan fingerprint density at radius 2 is 1.64 bits per heavy atom. The van der Waals surface area contributed by atoms with Crippen LogP contribution in [0.1, 0.15) is 23.2 Å². The summed E-state index contributed by atoms with van der Waals surface area (Å²) in [5.41, 5.74) is 0.513. The summed E-state index contributed by atoms with van der Waals surface area (Å²) in [6.45, 7) is 1.14. The van der Waals surface area contributed by atoms with Crippen molar-refractivity contribution in [2.75, 3.05) is 13.1 Å². The van der Waals surface area contributed by atoms with E-state index in [-0.39, 0.29) is 11.9 Å². The fourth-order valence-corrected chi connectivity index (χ4v) is 3.04. The van der Waals surface area contributed by atoms with Crippen molar-refractivity contribution in [2.45, 2.75) is 18.9 Å². The van der Waals surface area contributed by atoms with Crippen LogP contribution in [0.4, 0.5) is 4.79 Å². The second-order valence-electron chi connectivity index (χ2n) is 5.89. The maximum Gasteiger partial charge on any atom is 0.412 e. The first-order valence-corrected chi connectivity index (χ1v) is 8.58. The molecule has 2 amide bonds. The van der Waals surface area contributed by atoms with Gasteiger partial charge in [0.25, 0.3) is 5.91 Å². The van der Waals surface area contributed by atoms with Crippen LogP contribution in [0.2, 0.25) is 5.02 Å². The van der Waals surface area contributed by atoms with Crippen molar-refractivity contribution in [2.24, 2.45) is 0 Å². The molecule has 0 spiro atoms. The molecule has 25 heavy (non-hydrogen) atoms. The van der Waals surface area contributed by atoms with Crippen molar-refractivity contribution >= 4 is 23.6 Å². The Labute approximate surface area is 151 Å². The summed E-state index contributed by atoms with van der Waals surface area (Å²) in [6.07, 6.45) is 0.891. The van der Waals surface area contributed by atoms with Crippen LogP contribution in [0.25, 0.3) is 0 Å². The van der Waals surface area contributed by atoms with E-state index in [1.807, 2.05) is 6.07 Å². The summed E-state index contributed by atoms with van der Waals surface area (Å²) in [6, 6.07) is 16.0. The lowest BCUT2D eigenvalue weighted by atomic mass is 10.0. The Morgan fingerprint density at radius 1 is 1.00 bits per heavy atom. The predicted molar refractivity (Wildman–Crippen MR) is 96.0 cm³/mol. The fraction of sp³-hybridized carbons (Fsp3) is 0.263. The lowest BCUT2D eigenvalue weighted by Gasteiger charge is -2.32. The first kappa shape index (κ1) is 17.3. The number of para-hydroxylation sites is 1. The van der Waals surface area contributed by atoms with Crippen LogP contribution in [0.5, 0.6) is 5.75 Å². The fourth-order valence-electron chi connectivity index (χ4n) is 2.82. The lowest BCUT2D eigenvalue weighted by molar-refractivity contribution is 0.0706. The average Bonchev–Trinajstić information content (AvgIpc) is 2.63. The molecule has 1 N–H and O–H groups in total. The summed E-state index contributed by atoms with van der Waals surface area (Å²) in [5, 5.41) is 3.31. The largest absolute Gasteiger partial charge is 0.412 e. The van der Waals surface area contributed by atoms with E-state index >= 15 is 0 Å². The molecule has 1 fully saturated rings. The lowest BCUT2D eigenvalue weighted by Crippen LogP contribution is -2.47. The number of rotatable bonds is 3. The topological polar surface area (TPSA) is 58.6 Å². The van der Waals surface area contributed by atoms with Gasteiger partial charge in [0.1, 0.15) is 5.75 Å². The maximum atomic E-state index is 12.5. The molecule has 0 bridgehead atoms. The molecule has 130 valence electrons. The van der Waals surface area contributed by atoms with Crippen molar-refractivity contribution < 1.29 is 14.3 Å². The maximum absolute atomic E-state index is 12.5. The molecule has 5 nitrogen and oxygen atoms in total. The summed E-state index contributed by atoms with van der Waals surface area (Å²) < 4.78 is 5.23. The Bertz CT molecular complexity index is 743. The SMILES string of the molecule is O=C(NC1CCN(C(=O)c2ccccc2Cl)CC1)Oc1ccccc1. The highest BCUT2D eigenvalue weighted by Crippen LogP contribution is 2.20. The first-order chi connectivity index (χ1) is 12.1. The zero-order chi connectivity index (χ0) is 17.6. The molecular weight excluding hydrogens is 340 g/mol. The Morgan fingerprint density at radius 3 is 2.32 bits per heavy atom. The van der Waals surface area contributed by atoms with E-state index < -0.39 is 6.09 Å². The summed E-state index contributed by atoms with van der Waals surface area (Å²) in [5.74, 6) is 0.433. The Kier molecular flexibility index (Phi) is 5.56. The molecule has 0 radical (unpaired) electrons. The van der Waals surface area contributed by atoms with Gasteiger partial charge >= 0.3 is 6.09 Å². The van der Waals surface area contributed by atoms with Crippen LogP contribution in [-0.4, -0.2) is 36.0 Å². The molecule has 2 aromatic rings. The highest BCUT2D eigenvalue weighted by molar-refractivity contribution is 6.33. The predicted octanol–water partition coefficient (Wildman–Crippen LogP) is 3.73. The number of nitrogens with one attached hydrogen (secondary N) is 1. The van der Waals surface area contributed by atoms with Gasteiger partial charge in [0.2, 0.25) is 0 Å². The minimum absolute atomic E-state index is 0.00786. The number of benzene rings is 2. The van der Waals surface area contributed by atoms with Crippen LogP contribution >= 0.6 is 11.6 Å². The van der Waals surface area contributed by atoms with Gasteiger partial charge in [-0.2, -0.15) is 0 Å². The summed E-state index contributed by atoms with van der Waals surface area (Å²) >= 11 is 6.09. The van der Waals surface area contributed by atoms with Crippen molar-refractivity contribution in [1.82, 2.24) is 10.2 Å². The van der Waals surface area contributed by atoms with E-state index in [0.29, 0.717) is 42.3 Å². The quantitative estimate of drug-likeness (QED) is 0.909. The van der Waals surface area contributed by atoms with Gasteiger partial charge < -0.3 is 15.0 Å². The van der Waals surface area contributed by atoms with E-state index in [1.165, 1.54) is 0 Å². The number of hydrogen-bond donors (Lipinski definition) is 1. The molecule has 1 heterocycles. The van der Waals surface area contributed by atoms with Gasteiger partial charge in [-0.1, -0.05) is 41.9 Å². The van der Waals surface area contributed by atoms with Gasteiger partial charge in [0, 0.05) is 19.1 Å². The van der Waals surface area contributed by atoms with Gasteiger partial charge in [-0.25, -0.2) is 4.79 Å². The number of ether oxygens (including phenoxy) is 1. The van der Waals surface area contributed by atoms with Gasteiger partial charge in [-0.3, -0.25) is 4.79 Å². The molecular formula is C19H19ClN2O3. The Hall–Kier alpha value is -2.53. The third-order valence-corrected chi connectivity index (χ3v) is 4.49. The van der Waals surface area contributed by atoms with Crippen molar-refractivity contribution in [3.05, 3.63) is 65.2 Å². The highest BCUT2D eigenvalue weighted by atomic mass is 35.5. The Balaban J connectivity index is 1.49. The van der Waals surface area contributed by atoms with Gasteiger partial charge in [0.05, 0.1) is 10.6 Å². The average molecular weight is 359 g/mol. The molecule has 1 saturated heterocycles. The third-order valence-electron chi connectivity index (χ3n) is 4.16. The van der Waals surface area contributed by atoms with Crippen molar-refractivity contribution in [3.63, 3.8) is 0 Å². The van der Waals surface area contributed by atoms with Crippen LogP contribution in [0.15, 0.2) is 54.6 Å². The third kappa shape index (κ3) is 4.51. The van der Waals surface area contributed by atoms with Gasteiger partial charge in [0.15, 0.2) is 0 Å². The van der Waals surface area contributed by atoms with Crippen LogP contribution < -0.4 is 10.1 Å². The number of piperidine rings is 1. The molecule has 0 unspecified atom stereocenters. The van der Waals surface area contributed by atoms with Gasteiger partial charge in [-0.05, 0) is 37.1 Å². The molecule has 0 aliphatic carbocycles. The smallest absolute Gasteiger partial charge is 0.410 e. The van der Waals surface area contributed by atoms with E-state index in [4.69, 9.17) is 16.3 Å². The second kappa shape index (κ2) is 8.03. The van der Waals surface area contributed by atoms with E-state index in [0.717, 1.165) is 0 Å². The number of carbonyl (C=O) groups excluding carboxylic acids is 2. The number of amides is 2. The molecule has 6 heteroatoms. The van der Waals surface area contributed by atoms with Crippen molar-refractivity contribution in [1.29, 1.82) is 0 Å². The standard InChI is InChI=1S/C19H19ClN2O3/c20-17-9-5-4-8-16(17)18(23)22-12-10-14(11-13-22)21-19(24)25-15-6-2-1-3-7-15/h1-9,14H,10-13H2,(H,21,24). The zero-order valence-electron chi connectivity index (χ0n) is 13.7. The van der Waals surface area contributed by atoms with E-state index in [1.54, 1.807) is 53.4 Å². The molecule has 2 aromatic carbocycles. The summed E-state index contributed by atoms with van der Waals surface area (Å²) in [4.78, 5) is 26.2. The van der Waals surface area contributed by atoms with Crippen molar-refractivity contribution in [3.8, 4) is 5.75 Å². The molecule has 1 aliphatic heterocycles. The minimum Gasteiger partial charge on any atom is -0.410 e. The van der Waals surface area contributed by atoms with E-state index in [9.17, 15) is 9.59 Å². The normalized spacial score (nSPS) is 14.8. The number of likely N-dealkylation sites (tertiary alicyclic amines) is 1. The molecule has 3 rings (SSSR count). The highest BCUT2D eigenvalue weighted by Gasteiger charge is 2.25. The molecule has 0 saturated carbocycles. The van der Waals surface area contributed by atoms with Crippen LogP contribution in [-0.2, 0) is 0 Å². The number of nitrogens with zero attached hydrogens (tertiary/aromatic N) is 1. The zero-order valence-corrected chi connectivity index (χ0v) is 14.4.